The Hall–Kier alpha value is -1.02. The van der Waals surface area contributed by atoms with E-state index in [1.165, 1.54) is 5.56 Å². The van der Waals surface area contributed by atoms with Crippen LogP contribution in [0.3, 0.4) is 0 Å². The summed E-state index contributed by atoms with van der Waals surface area (Å²) in [7, 11) is 0. The molecule has 6 heteroatoms. The second-order valence-corrected chi connectivity index (χ2v) is 6.09. The molecule has 0 amide bonds. The van der Waals surface area contributed by atoms with Gasteiger partial charge in [-0.2, -0.15) is 0 Å². The minimum absolute atomic E-state index is 0. The summed E-state index contributed by atoms with van der Waals surface area (Å²) in [4.78, 5) is 4.62. The molecule has 130 valence electrons. The molecule has 5 nitrogen and oxygen atoms in total. The summed E-state index contributed by atoms with van der Waals surface area (Å²) in [5, 5.41) is 6.55. The lowest BCUT2D eigenvalue weighted by Crippen LogP contribution is -2.45. The van der Waals surface area contributed by atoms with Crippen LogP contribution in [0.2, 0.25) is 0 Å². The average Bonchev–Trinajstić information content (AvgIpc) is 2.49. The molecule has 0 saturated carbocycles. The minimum Gasteiger partial charge on any atom is -0.492 e. The Bertz CT molecular complexity index is 487. The summed E-state index contributed by atoms with van der Waals surface area (Å²) in [6, 6.07) is 8.09. The van der Waals surface area contributed by atoms with Crippen molar-refractivity contribution in [3.05, 3.63) is 29.8 Å². The van der Waals surface area contributed by atoms with Gasteiger partial charge < -0.3 is 20.1 Å². The smallest absolute Gasteiger partial charge is 0.191 e. The molecule has 1 aliphatic rings. The number of benzene rings is 1. The third-order valence-electron chi connectivity index (χ3n) is 3.55. The van der Waals surface area contributed by atoms with Gasteiger partial charge in [-0.3, -0.25) is 4.99 Å². The number of halogens is 1. The van der Waals surface area contributed by atoms with Crippen molar-refractivity contribution < 1.29 is 9.47 Å². The van der Waals surface area contributed by atoms with Gasteiger partial charge in [0.15, 0.2) is 5.96 Å². The number of rotatable bonds is 7. The van der Waals surface area contributed by atoms with Crippen LogP contribution in [0.5, 0.6) is 5.75 Å². The van der Waals surface area contributed by atoms with E-state index in [4.69, 9.17) is 9.47 Å². The third-order valence-corrected chi connectivity index (χ3v) is 3.55. The van der Waals surface area contributed by atoms with Crippen LogP contribution in [0.1, 0.15) is 19.4 Å². The molecule has 0 aromatic heterocycles. The fourth-order valence-electron chi connectivity index (χ4n) is 2.13. The van der Waals surface area contributed by atoms with Crippen LogP contribution in [0.4, 0.5) is 0 Å². The van der Waals surface area contributed by atoms with Gasteiger partial charge in [-0.05, 0) is 26.0 Å². The number of nitrogens with one attached hydrogen (secondary N) is 2. The van der Waals surface area contributed by atoms with Crippen LogP contribution in [-0.2, 0) is 4.74 Å². The first-order valence-corrected chi connectivity index (χ1v) is 7.91. The normalized spacial score (nSPS) is 16.0. The van der Waals surface area contributed by atoms with E-state index in [-0.39, 0.29) is 29.4 Å². The van der Waals surface area contributed by atoms with Gasteiger partial charge in [0.1, 0.15) is 12.4 Å². The Morgan fingerprint density at radius 2 is 1.96 bits per heavy atom. The molecule has 0 bridgehead atoms. The first kappa shape index (κ1) is 20.0. The monoisotopic (exact) mass is 433 g/mol. The fourth-order valence-corrected chi connectivity index (χ4v) is 2.13. The van der Waals surface area contributed by atoms with Crippen molar-refractivity contribution in [3.8, 4) is 5.75 Å². The summed E-state index contributed by atoms with van der Waals surface area (Å²) in [6.07, 6.45) is 0. The second kappa shape index (κ2) is 9.97. The Labute approximate surface area is 156 Å². The zero-order chi connectivity index (χ0) is 15.8. The lowest BCUT2D eigenvalue weighted by molar-refractivity contribution is -0.0945. The van der Waals surface area contributed by atoms with E-state index in [2.05, 4.69) is 48.5 Å². The van der Waals surface area contributed by atoms with Gasteiger partial charge in [-0.25, -0.2) is 0 Å². The molecule has 1 heterocycles. The molecule has 23 heavy (non-hydrogen) atoms. The molecule has 2 rings (SSSR count). The molecule has 0 atom stereocenters. The van der Waals surface area contributed by atoms with Gasteiger partial charge in [0.2, 0.25) is 0 Å². The summed E-state index contributed by atoms with van der Waals surface area (Å²) >= 11 is 0. The van der Waals surface area contributed by atoms with Crippen LogP contribution in [0.15, 0.2) is 29.3 Å². The van der Waals surface area contributed by atoms with Crippen LogP contribution in [0, 0.1) is 12.3 Å². The van der Waals surface area contributed by atoms with Crippen LogP contribution in [-0.4, -0.2) is 45.4 Å². The van der Waals surface area contributed by atoms with E-state index < -0.39 is 0 Å². The van der Waals surface area contributed by atoms with E-state index in [9.17, 15) is 0 Å². The van der Waals surface area contributed by atoms with Gasteiger partial charge in [-0.15, -0.1) is 24.0 Å². The maximum absolute atomic E-state index is 5.70. The molecular weight excluding hydrogens is 405 g/mol. The summed E-state index contributed by atoms with van der Waals surface area (Å²) in [5.74, 6) is 1.73. The van der Waals surface area contributed by atoms with Gasteiger partial charge in [0, 0.05) is 12.0 Å². The summed E-state index contributed by atoms with van der Waals surface area (Å²) in [6.45, 7) is 10.9. The standard InChI is InChI=1S/C17H27N3O2.HI/c1-4-18-16(20-11-17(3)12-21-13-17)19-9-10-22-15-7-5-14(2)6-8-15;/h5-8H,4,9-13H2,1-3H3,(H2,18,19,20);1H. The maximum Gasteiger partial charge on any atom is 0.191 e. The third kappa shape index (κ3) is 6.95. The SMILES string of the molecule is CCNC(=NCC1(C)COC1)NCCOc1ccc(C)cc1.I. The van der Waals surface area contributed by atoms with Crippen molar-refractivity contribution in [1.82, 2.24) is 10.6 Å². The van der Waals surface area contributed by atoms with E-state index >= 15 is 0 Å². The van der Waals surface area contributed by atoms with E-state index in [1.54, 1.807) is 0 Å². The number of nitrogens with zero attached hydrogens (tertiary/aromatic N) is 1. The van der Waals surface area contributed by atoms with Crippen LogP contribution < -0.4 is 15.4 Å². The molecule has 0 radical (unpaired) electrons. The first-order chi connectivity index (χ1) is 10.6. The van der Waals surface area contributed by atoms with Gasteiger partial charge in [0.05, 0.1) is 26.3 Å². The Kier molecular flexibility index (Phi) is 8.68. The van der Waals surface area contributed by atoms with Gasteiger partial charge >= 0.3 is 0 Å². The predicted octanol–water partition coefficient (Wildman–Crippen LogP) is 2.58. The molecule has 0 aliphatic carbocycles. The quantitative estimate of drug-likeness (QED) is 0.301. The van der Waals surface area contributed by atoms with E-state index in [0.717, 1.165) is 38.0 Å². The summed E-state index contributed by atoms with van der Waals surface area (Å²) < 4.78 is 11.0. The van der Waals surface area contributed by atoms with Crippen molar-refractivity contribution in [2.24, 2.45) is 10.4 Å². The van der Waals surface area contributed by atoms with Crippen molar-refractivity contribution in [2.75, 3.05) is 39.5 Å². The molecule has 0 spiro atoms. The zero-order valence-corrected chi connectivity index (χ0v) is 16.6. The largest absolute Gasteiger partial charge is 0.492 e. The minimum atomic E-state index is 0. The molecule has 1 saturated heterocycles. The summed E-state index contributed by atoms with van der Waals surface area (Å²) in [5.41, 5.74) is 1.43. The van der Waals surface area contributed by atoms with Crippen molar-refractivity contribution in [2.45, 2.75) is 20.8 Å². The first-order valence-electron chi connectivity index (χ1n) is 7.91. The maximum atomic E-state index is 5.70. The average molecular weight is 433 g/mol. The number of aliphatic imine (C=N–C) groups is 1. The molecule has 2 N–H and O–H groups in total. The number of guanidine groups is 1. The lowest BCUT2D eigenvalue weighted by atomic mass is 9.89. The molecule has 1 fully saturated rings. The van der Waals surface area contributed by atoms with E-state index in [0.29, 0.717) is 13.2 Å². The predicted molar refractivity (Wildman–Crippen MR) is 105 cm³/mol. The fraction of sp³-hybridized carbons (Fsp3) is 0.588. The molecular formula is C17H28IN3O2. The lowest BCUT2D eigenvalue weighted by Gasteiger charge is -2.36. The zero-order valence-electron chi connectivity index (χ0n) is 14.2. The Balaban J connectivity index is 0.00000264. The number of hydrogen-bond acceptors (Lipinski definition) is 3. The van der Waals surface area contributed by atoms with Gasteiger partial charge in [0.25, 0.3) is 0 Å². The molecule has 1 aromatic carbocycles. The van der Waals surface area contributed by atoms with Crippen LogP contribution in [0.25, 0.3) is 0 Å². The molecule has 1 aromatic rings. The van der Waals surface area contributed by atoms with Crippen LogP contribution >= 0.6 is 24.0 Å². The van der Waals surface area contributed by atoms with Crippen molar-refractivity contribution >= 4 is 29.9 Å². The highest BCUT2D eigenvalue weighted by molar-refractivity contribution is 14.0. The van der Waals surface area contributed by atoms with E-state index in [1.807, 2.05) is 12.1 Å². The number of aryl methyl sites for hydroxylation is 1. The van der Waals surface area contributed by atoms with Gasteiger partial charge in [-0.1, -0.05) is 24.6 Å². The second-order valence-electron chi connectivity index (χ2n) is 6.09. The highest BCUT2D eigenvalue weighted by Gasteiger charge is 2.33. The highest BCUT2D eigenvalue weighted by Crippen LogP contribution is 2.26. The highest BCUT2D eigenvalue weighted by atomic mass is 127. The topological polar surface area (TPSA) is 54.9 Å². The van der Waals surface area contributed by atoms with Crippen molar-refractivity contribution in [3.63, 3.8) is 0 Å². The van der Waals surface area contributed by atoms with Crippen molar-refractivity contribution in [1.29, 1.82) is 0 Å². The molecule has 1 aliphatic heterocycles. The number of ether oxygens (including phenoxy) is 2. The molecule has 0 unspecified atom stereocenters. The number of hydrogen-bond donors (Lipinski definition) is 2. The Morgan fingerprint density at radius 3 is 2.52 bits per heavy atom. The Morgan fingerprint density at radius 1 is 1.26 bits per heavy atom.